The lowest BCUT2D eigenvalue weighted by molar-refractivity contribution is 0.115. The fourth-order valence-electron chi connectivity index (χ4n) is 4.72. The van der Waals surface area contributed by atoms with Crippen LogP contribution < -0.4 is 0 Å². The molecule has 1 heterocycles. The maximum atomic E-state index is 6.37. The van der Waals surface area contributed by atoms with E-state index >= 15 is 0 Å². The minimum absolute atomic E-state index is 0.441. The highest BCUT2D eigenvalue weighted by Crippen LogP contribution is 2.37. The van der Waals surface area contributed by atoms with Gasteiger partial charge in [0.15, 0.2) is 0 Å². The van der Waals surface area contributed by atoms with Crippen molar-refractivity contribution in [2.24, 2.45) is 5.92 Å². The van der Waals surface area contributed by atoms with E-state index in [9.17, 15) is 0 Å². The van der Waals surface area contributed by atoms with Crippen LogP contribution in [-0.2, 0) is 0 Å². The molecule has 3 heteroatoms. The van der Waals surface area contributed by atoms with E-state index in [1.54, 1.807) is 0 Å². The predicted octanol–water partition coefficient (Wildman–Crippen LogP) is 3.69. The highest BCUT2D eigenvalue weighted by atomic mass is 35.5. The van der Waals surface area contributed by atoms with E-state index in [1.165, 1.54) is 57.9 Å². The molecule has 2 aliphatic carbocycles. The van der Waals surface area contributed by atoms with Gasteiger partial charge >= 0.3 is 0 Å². The molecule has 3 rings (SSSR count). The fourth-order valence-corrected chi connectivity index (χ4v) is 5.13. The third-order valence-corrected chi connectivity index (χ3v) is 6.30. The summed E-state index contributed by atoms with van der Waals surface area (Å²) in [4.78, 5) is 5.44. The molecule has 0 aromatic carbocycles. The first kappa shape index (κ1) is 14.2. The van der Waals surface area contributed by atoms with Crippen LogP contribution in [0.25, 0.3) is 0 Å². The Kier molecular flexibility index (Phi) is 4.40. The molecular formula is C16H29ClN2. The fraction of sp³-hybridized carbons (Fsp3) is 1.00. The first-order valence-corrected chi connectivity index (χ1v) is 8.72. The Bertz CT molecular complexity index is 309. The molecule has 3 aliphatic rings. The zero-order valence-corrected chi connectivity index (χ0v) is 13.3. The van der Waals surface area contributed by atoms with Crippen LogP contribution in [0.15, 0.2) is 0 Å². The van der Waals surface area contributed by atoms with Gasteiger partial charge in [-0.15, -0.1) is 11.6 Å². The standard InChI is InChI=1S/C16H29ClN2/c1-12-18(2)15-8-3-4-9-16(15)19(12)11-13-6-5-7-14(17)10-13/h12-16H,3-11H2,1-2H3. The van der Waals surface area contributed by atoms with Crippen LogP contribution in [0.5, 0.6) is 0 Å². The summed E-state index contributed by atoms with van der Waals surface area (Å²) in [6.45, 7) is 3.69. The number of likely N-dealkylation sites (N-methyl/N-ethyl adjacent to an activating group) is 1. The Morgan fingerprint density at radius 2 is 1.74 bits per heavy atom. The summed E-state index contributed by atoms with van der Waals surface area (Å²) < 4.78 is 0. The first-order chi connectivity index (χ1) is 9.16. The van der Waals surface area contributed by atoms with Crippen molar-refractivity contribution in [1.82, 2.24) is 9.80 Å². The highest BCUT2D eigenvalue weighted by molar-refractivity contribution is 6.20. The summed E-state index contributed by atoms with van der Waals surface area (Å²) in [5, 5.41) is 0.441. The third kappa shape index (κ3) is 2.82. The van der Waals surface area contributed by atoms with Gasteiger partial charge < -0.3 is 0 Å². The molecule has 0 radical (unpaired) electrons. The second kappa shape index (κ2) is 5.91. The highest BCUT2D eigenvalue weighted by Gasteiger charge is 2.44. The number of nitrogens with zero attached hydrogens (tertiary/aromatic N) is 2. The van der Waals surface area contributed by atoms with Gasteiger partial charge in [0.2, 0.25) is 0 Å². The second-order valence-corrected chi connectivity index (χ2v) is 7.66. The lowest BCUT2D eigenvalue weighted by atomic mass is 9.86. The van der Waals surface area contributed by atoms with Gasteiger partial charge in [0, 0.05) is 24.0 Å². The molecule has 5 atom stereocenters. The Morgan fingerprint density at radius 3 is 2.47 bits per heavy atom. The smallest absolute Gasteiger partial charge is 0.0597 e. The van der Waals surface area contributed by atoms with E-state index < -0.39 is 0 Å². The van der Waals surface area contributed by atoms with Gasteiger partial charge in [0.25, 0.3) is 0 Å². The second-order valence-electron chi connectivity index (χ2n) is 7.04. The molecule has 19 heavy (non-hydrogen) atoms. The van der Waals surface area contributed by atoms with Gasteiger partial charge in [-0.25, -0.2) is 0 Å². The lowest BCUT2D eigenvalue weighted by Gasteiger charge is -2.36. The normalized spacial score (nSPS) is 45.3. The number of alkyl halides is 1. The molecular weight excluding hydrogens is 256 g/mol. The van der Waals surface area contributed by atoms with Crippen molar-refractivity contribution >= 4 is 11.6 Å². The van der Waals surface area contributed by atoms with Gasteiger partial charge in [-0.3, -0.25) is 9.80 Å². The summed E-state index contributed by atoms with van der Waals surface area (Å²) in [5.41, 5.74) is 0. The van der Waals surface area contributed by atoms with Crippen LogP contribution >= 0.6 is 11.6 Å². The number of rotatable bonds is 2. The molecule has 3 fully saturated rings. The third-order valence-electron chi connectivity index (χ3n) is 5.90. The van der Waals surface area contributed by atoms with Crippen LogP contribution in [0.2, 0.25) is 0 Å². The predicted molar refractivity (Wildman–Crippen MR) is 81.6 cm³/mol. The molecule has 0 spiro atoms. The molecule has 0 aromatic rings. The number of hydrogen-bond donors (Lipinski definition) is 0. The van der Waals surface area contributed by atoms with Crippen molar-refractivity contribution in [2.45, 2.75) is 81.9 Å². The van der Waals surface area contributed by atoms with Crippen molar-refractivity contribution in [1.29, 1.82) is 0 Å². The molecule has 110 valence electrons. The Labute approximate surface area is 123 Å². The monoisotopic (exact) mass is 284 g/mol. The molecule has 2 nitrogen and oxygen atoms in total. The van der Waals surface area contributed by atoms with Gasteiger partial charge in [0.05, 0.1) is 6.17 Å². The quantitative estimate of drug-likeness (QED) is 0.714. The summed E-state index contributed by atoms with van der Waals surface area (Å²) in [6, 6.07) is 1.64. The minimum Gasteiger partial charge on any atom is -0.287 e. The maximum Gasteiger partial charge on any atom is 0.0597 e. The van der Waals surface area contributed by atoms with Crippen LogP contribution in [0, 0.1) is 5.92 Å². The Hall–Kier alpha value is 0.210. The molecule has 0 N–H and O–H groups in total. The molecule has 2 saturated carbocycles. The van der Waals surface area contributed by atoms with Crippen LogP contribution in [-0.4, -0.2) is 47.0 Å². The average Bonchev–Trinajstić information content (AvgIpc) is 2.65. The van der Waals surface area contributed by atoms with Crippen molar-refractivity contribution < 1.29 is 0 Å². The molecule has 0 aromatic heterocycles. The van der Waals surface area contributed by atoms with Crippen LogP contribution in [0.1, 0.15) is 58.3 Å². The van der Waals surface area contributed by atoms with E-state index in [2.05, 4.69) is 23.8 Å². The molecule has 0 bridgehead atoms. The van der Waals surface area contributed by atoms with Gasteiger partial charge in [-0.1, -0.05) is 19.3 Å². The van der Waals surface area contributed by atoms with Crippen molar-refractivity contribution in [3.8, 4) is 0 Å². The molecule has 5 unspecified atom stereocenters. The zero-order chi connectivity index (χ0) is 13.4. The van der Waals surface area contributed by atoms with E-state index in [1.807, 2.05) is 0 Å². The van der Waals surface area contributed by atoms with Gasteiger partial charge in [0.1, 0.15) is 0 Å². The summed E-state index contributed by atoms with van der Waals surface area (Å²) in [5.74, 6) is 0.841. The summed E-state index contributed by atoms with van der Waals surface area (Å²) in [7, 11) is 2.33. The van der Waals surface area contributed by atoms with Gasteiger partial charge in [-0.2, -0.15) is 0 Å². The van der Waals surface area contributed by atoms with E-state index in [0.29, 0.717) is 11.5 Å². The Morgan fingerprint density at radius 1 is 1.00 bits per heavy atom. The number of hydrogen-bond acceptors (Lipinski definition) is 2. The zero-order valence-electron chi connectivity index (χ0n) is 12.5. The molecule has 1 saturated heterocycles. The molecule has 0 amide bonds. The Balaban J connectivity index is 1.65. The summed E-state index contributed by atoms with van der Waals surface area (Å²) >= 11 is 6.37. The van der Waals surface area contributed by atoms with Crippen molar-refractivity contribution in [3.63, 3.8) is 0 Å². The topological polar surface area (TPSA) is 6.48 Å². The maximum absolute atomic E-state index is 6.37. The lowest BCUT2D eigenvalue weighted by Crippen LogP contribution is -2.43. The SMILES string of the molecule is CC1N(C)C2CCCCC2N1CC1CCCC(Cl)C1. The van der Waals surface area contributed by atoms with Crippen molar-refractivity contribution in [3.05, 3.63) is 0 Å². The van der Waals surface area contributed by atoms with Crippen molar-refractivity contribution in [2.75, 3.05) is 13.6 Å². The van der Waals surface area contributed by atoms with Crippen LogP contribution in [0.3, 0.4) is 0 Å². The van der Waals surface area contributed by atoms with E-state index in [0.717, 1.165) is 18.0 Å². The summed E-state index contributed by atoms with van der Waals surface area (Å²) in [6.07, 6.45) is 11.5. The van der Waals surface area contributed by atoms with E-state index in [-0.39, 0.29) is 0 Å². The number of fused-ring (bicyclic) bond motifs is 1. The average molecular weight is 285 g/mol. The van der Waals surface area contributed by atoms with Gasteiger partial charge in [-0.05, 0) is 52.0 Å². The number of halogens is 1. The molecule has 1 aliphatic heterocycles. The van der Waals surface area contributed by atoms with E-state index in [4.69, 9.17) is 11.6 Å². The van der Waals surface area contributed by atoms with Crippen LogP contribution in [0.4, 0.5) is 0 Å². The first-order valence-electron chi connectivity index (χ1n) is 8.28. The minimum atomic E-state index is 0.441. The largest absolute Gasteiger partial charge is 0.287 e.